The average molecular weight is 458 g/mol. The SMILES string of the molecule is Cc1cc(-c2cnn(CCC(=O)OC(C)(C)C)c2)c2c(c1)C(O)(C(F)(F)F)c1ccccc1-2. The Bertz CT molecular complexity index is 1220. The summed E-state index contributed by atoms with van der Waals surface area (Å²) in [5.74, 6) is -0.361. The number of fused-ring (bicyclic) bond motifs is 3. The van der Waals surface area contributed by atoms with Gasteiger partial charge in [0, 0.05) is 22.9 Å². The highest BCUT2D eigenvalue weighted by Gasteiger charge is 2.61. The van der Waals surface area contributed by atoms with Crippen LogP contribution in [-0.4, -0.2) is 32.6 Å². The molecule has 174 valence electrons. The molecule has 3 aromatic rings. The van der Waals surface area contributed by atoms with Crippen LogP contribution < -0.4 is 0 Å². The van der Waals surface area contributed by atoms with Crippen LogP contribution in [0.15, 0.2) is 48.8 Å². The van der Waals surface area contributed by atoms with Crippen LogP contribution in [0.4, 0.5) is 13.2 Å². The van der Waals surface area contributed by atoms with Gasteiger partial charge in [0.1, 0.15) is 5.60 Å². The van der Waals surface area contributed by atoms with Crippen LogP contribution in [0.25, 0.3) is 22.3 Å². The molecular formula is C25H25F3N2O3. The molecular weight excluding hydrogens is 433 g/mol. The number of aromatic nitrogens is 2. The minimum atomic E-state index is -4.89. The van der Waals surface area contributed by atoms with E-state index in [2.05, 4.69) is 5.10 Å². The van der Waals surface area contributed by atoms with E-state index in [0.717, 1.165) is 0 Å². The summed E-state index contributed by atoms with van der Waals surface area (Å²) < 4.78 is 49.3. The number of ether oxygens (including phenoxy) is 1. The molecule has 1 unspecified atom stereocenters. The molecule has 0 bridgehead atoms. The van der Waals surface area contributed by atoms with Crippen molar-refractivity contribution in [1.29, 1.82) is 0 Å². The minimum Gasteiger partial charge on any atom is -0.460 e. The Morgan fingerprint density at radius 3 is 2.48 bits per heavy atom. The van der Waals surface area contributed by atoms with Gasteiger partial charge in [-0.1, -0.05) is 42.0 Å². The Kier molecular flexibility index (Phi) is 5.40. The van der Waals surface area contributed by atoms with Crippen molar-refractivity contribution in [1.82, 2.24) is 9.78 Å². The normalized spacial score (nSPS) is 17.6. The molecule has 0 radical (unpaired) electrons. The van der Waals surface area contributed by atoms with Gasteiger partial charge in [-0.2, -0.15) is 18.3 Å². The zero-order valence-electron chi connectivity index (χ0n) is 18.8. The maximum atomic E-state index is 14.2. The summed E-state index contributed by atoms with van der Waals surface area (Å²) in [5.41, 5.74) is -1.65. The van der Waals surface area contributed by atoms with E-state index in [9.17, 15) is 23.1 Å². The van der Waals surface area contributed by atoms with Crippen LogP contribution in [0.3, 0.4) is 0 Å². The fourth-order valence-corrected chi connectivity index (χ4v) is 4.28. The lowest BCUT2D eigenvalue weighted by Gasteiger charge is -2.28. The standard InChI is InChI=1S/C25H25F3N2O3/c1-15-11-18(16-13-29-30(14-16)10-9-21(31)33-23(2,3)4)22-17-7-5-6-8-19(17)24(32,20(22)12-15)25(26,27)28/h5-8,11-14,32H,9-10H2,1-4H3. The average Bonchev–Trinajstić information content (AvgIpc) is 3.27. The monoisotopic (exact) mass is 458 g/mol. The van der Waals surface area contributed by atoms with Crippen molar-refractivity contribution in [3.05, 3.63) is 65.5 Å². The van der Waals surface area contributed by atoms with Crippen LogP contribution in [0.5, 0.6) is 0 Å². The van der Waals surface area contributed by atoms with E-state index >= 15 is 0 Å². The summed E-state index contributed by atoms with van der Waals surface area (Å²) in [5, 5.41) is 15.3. The molecule has 0 amide bonds. The van der Waals surface area contributed by atoms with E-state index in [1.54, 1.807) is 63.0 Å². The van der Waals surface area contributed by atoms with E-state index in [4.69, 9.17) is 4.74 Å². The number of alkyl halides is 3. The van der Waals surface area contributed by atoms with Gasteiger partial charge >= 0.3 is 12.1 Å². The summed E-state index contributed by atoms with van der Waals surface area (Å²) in [4.78, 5) is 12.0. The number of carbonyl (C=O) groups is 1. The summed E-state index contributed by atoms with van der Waals surface area (Å²) in [6.07, 6.45) is -1.54. The van der Waals surface area contributed by atoms with E-state index in [1.807, 2.05) is 0 Å². The van der Waals surface area contributed by atoms with Crippen molar-refractivity contribution in [2.75, 3.05) is 0 Å². The van der Waals surface area contributed by atoms with E-state index in [-0.39, 0.29) is 30.1 Å². The highest BCUT2D eigenvalue weighted by Crippen LogP contribution is 2.57. The molecule has 0 fully saturated rings. The number of carbonyl (C=O) groups excluding carboxylic acids is 1. The van der Waals surface area contributed by atoms with Gasteiger partial charge in [0.25, 0.3) is 0 Å². The van der Waals surface area contributed by atoms with Crippen LogP contribution in [0.2, 0.25) is 0 Å². The largest absolute Gasteiger partial charge is 0.460 e. The molecule has 1 aliphatic carbocycles. The van der Waals surface area contributed by atoms with E-state index in [1.165, 1.54) is 18.2 Å². The lowest BCUT2D eigenvalue weighted by molar-refractivity contribution is -0.246. The smallest absolute Gasteiger partial charge is 0.425 e. The first-order valence-electron chi connectivity index (χ1n) is 10.6. The Labute approximate surface area is 189 Å². The predicted octanol–water partition coefficient (Wildman–Crippen LogP) is 5.37. The van der Waals surface area contributed by atoms with Crippen LogP contribution >= 0.6 is 0 Å². The summed E-state index contributed by atoms with van der Waals surface area (Å²) in [7, 11) is 0. The van der Waals surface area contributed by atoms with Crippen molar-refractivity contribution in [2.24, 2.45) is 0 Å². The predicted molar refractivity (Wildman–Crippen MR) is 117 cm³/mol. The molecule has 1 heterocycles. The van der Waals surface area contributed by atoms with Crippen molar-refractivity contribution in [3.8, 4) is 22.3 Å². The van der Waals surface area contributed by atoms with Crippen LogP contribution in [-0.2, 0) is 21.7 Å². The van der Waals surface area contributed by atoms with Gasteiger partial charge in [-0.25, -0.2) is 0 Å². The Morgan fingerprint density at radius 1 is 1.12 bits per heavy atom. The van der Waals surface area contributed by atoms with Gasteiger partial charge in [-0.05, 0) is 44.4 Å². The van der Waals surface area contributed by atoms with Crippen molar-refractivity contribution in [3.63, 3.8) is 0 Å². The van der Waals surface area contributed by atoms with Gasteiger partial charge < -0.3 is 9.84 Å². The molecule has 1 atom stereocenters. The van der Waals surface area contributed by atoms with Crippen LogP contribution in [0, 0.1) is 6.92 Å². The number of rotatable bonds is 4. The molecule has 0 spiro atoms. The number of hydrogen-bond acceptors (Lipinski definition) is 4. The molecule has 8 heteroatoms. The van der Waals surface area contributed by atoms with Crippen molar-refractivity contribution < 1.29 is 27.8 Å². The van der Waals surface area contributed by atoms with Gasteiger partial charge in [-0.3, -0.25) is 9.48 Å². The number of benzene rings is 2. The van der Waals surface area contributed by atoms with Gasteiger partial charge in [-0.15, -0.1) is 0 Å². The summed E-state index contributed by atoms with van der Waals surface area (Å²) in [6, 6.07) is 9.21. The van der Waals surface area contributed by atoms with Crippen molar-refractivity contribution >= 4 is 5.97 Å². The zero-order chi connectivity index (χ0) is 24.2. The number of esters is 1. The van der Waals surface area contributed by atoms with E-state index < -0.39 is 17.4 Å². The minimum absolute atomic E-state index is 0.112. The molecule has 2 aromatic carbocycles. The lowest BCUT2D eigenvalue weighted by atomic mass is 9.88. The highest BCUT2D eigenvalue weighted by atomic mass is 19.4. The van der Waals surface area contributed by atoms with Crippen LogP contribution in [0.1, 0.15) is 43.9 Å². The summed E-state index contributed by atoms with van der Waals surface area (Å²) in [6.45, 7) is 7.32. The Hall–Kier alpha value is -3.13. The number of hydrogen-bond donors (Lipinski definition) is 1. The zero-order valence-corrected chi connectivity index (χ0v) is 18.8. The highest BCUT2D eigenvalue weighted by molar-refractivity contribution is 5.92. The topological polar surface area (TPSA) is 64.4 Å². The maximum Gasteiger partial charge on any atom is 0.425 e. The number of aliphatic hydroxyl groups is 1. The van der Waals surface area contributed by atoms with Gasteiger partial charge in [0.15, 0.2) is 0 Å². The summed E-state index contributed by atoms with van der Waals surface area (Å²) >= 11 is 0. The van der Waals surface area contributed by atoms with Crippen molar-refractivity contribution in [2.45, 2.75) is 58.0 Å². The molecule has 1 N–H and O–H groups in total. The maximum absolute atomic E-state index is 14.2. The third-order valence-corrected chi connectivity index (χ3v) is 5.58. The van der Waals surface area contributed by atoms with E-state index in [0.29, 0.717) is 27.8 Å². The fourth-order valence-electron chi connectivity index (χ4n) is 4.28. The second-order valence-corrected chi connectivity index (χ2v) is 9.32. The first-order valence-corrected chi connectivity index (χ1v) is 10.6. The number of halogens is 3. The molecule has 0 saturated heterocycles. The first-order chi connectivity index (χ1) is 15.3. The molecule has 1 aliphatic rings. The number of nitrogens with zero attached hydrogens (tertiary/aromatic N) is 2. The second-order valence-electron chi connectivity index (χ2n) is 9.32. The fraction of sp³-hybridized carbons (Fsp3) is 0.360. The lowest BCUT2D eigenvalue weighted by Crippen LogP contribution is -2.41. The third kappa shape index (κ3) is 4.04. The quantitative estimate of drug-likeness (QED) is 0.534. The first kappa shape index (κ1) is 23.0. The molecule has 5 nitrogen and oxygen atoms in total. The molecule has 0 aliphatic heterocycles. The molecule has 1 aromatic heterocycles. The third-order valence-electron chi connectivity index (χ3n) is 5.58. The van der Waals surface area contributed by atoms with Gasteiger partial charge in [0.05, 0.1) is 19.2 Å². The second kappa shape index (κ2) is 7.73. The molecule has 0 saturated carbocycles. The molecule has 33 heavy (non-hydrogen) atoms. The Morgan fingerprint density at radius 2 is 1.82 bits per heavy atom. The molecule has 4 rings (SSSR count). The Balaban J connectivity index is 1.75. The van der Waals surface area contributed by atoms with Gasteiger partial charge in [0.2, 0.25) is 5.60 Å². The number of aryl methyl sites for hydroxylation is 2.